The molecule has 2 rings (SSSR count). The minimum absolute atomic E-state index is 0.357. The number of aliphatic carboxylic acids is 1. The molecule has 3 nitrogen and oxygen atoms in total. The Bertz CT molecular complexity index is 647. The standard InChI is InChI=1S/C18H20O3/c1-12-8-9-15(14(3)10-12)11-17(18(19)20)21-16-7-5-4-6-13(16)2/h4-10,17H,11H2,1-3H3,(H,19,20)/t17-/m0/s1. The fourth-order valence-corrected chi connectivity index (χ4v) is 2.30. The topological polar surface area (TPSA) is 46.5 Å². The number of carboxylic acids is 1. The van der Waals surface area contributed by atoms with Gasteiger partial charge in [-0.3, -0.25) is 0 Å². The lowest BCUT2D eigenvalue weighted by Crippen LogP contribution is -2.30. The highest BCUT2D eigenvalue weighted by Gasteiger charge is 2.21. The van der Waals surface area contributed by atoms with Gasteiger partial charge in [-0.15, -0.1) is 0 Å². The third-order valence-electron chi connectivity index (χ3n) is 3.54. The highest BCUT2D eigenvalue weighted by Crippen LogP contribution is 2.20. The lowest BCUT2D eigenvalue weighted by molar-refractivity contribution is -0.145. The Morgan fingerprint density at radius 1 is 1.10 bits per heavy atom. The van der Waals surface area contributed by atoms with Gasteiger partial charge in [-0.25, -0.2) is 4.79 Å². The molecule has 21 heavy (non-hydrogen) atoms. The van der Waals surface area contributed by atoms with E-state index in [9.17, 15) is 9.90 Å². The van der Waals surface area contributed by atoms with E-state index in [0.717, 1.165) is 16.7 Å². The SMILES string of the molecule is Cc1ccc(C[C@H](Oc2ccccc2C)C(=O)O)c(C)c1. The summed E-state index contributed by atoms with van der Waals surface area (Å²) in [6, 6.07) is 13.5. The van der Waals surface area contributed by atoms with Crippen LogP contribution < -0.4 is 4.74 Å². The molecule has 0 aromatic heterocycles. The molecule has 0 aliphatic heterocycles. The van der Waals surface area contributed by atoms with Crippen LogP contribution >= 0.6 is 0 Å². The van der Waals surface area contributed by atoms with Crippen LogP contribution in [0.5, 0.6) is 5.75 Å². The van der Waals surface area contributed by atoms with Gasteiger partial charge in [-0.1, -0.05) is 42.0 Å². The fourth-order valence-electron chi connectivity index (χ4n) is 2.30. The van der Waals surface area contributed by atoms with Gasteiger partial charge in [0.15, 0.2) is 6.10 Å². The summed E-state index contributed by atoms with van der Waals surface area (Å²) >= 11 is 0. The molecule has 0 saturated heterocycles. The third-order valence-corrected chi connectivity index (χ3v) is 3.54. The van der Waals surface area contributed by atoms with Crippen LogP contribution in [0.2, 0.25) is 0 Å². The first-order chi connectivity index (χ1) is 9.97. The monoisotopic (exact) mass is 284 g/mol. The number of carbonyl (C=O) groups is 1. The molecule has 0 spiro atoms. The van der Waals surface area contributed by atoms with Crippen molar-refractivity contribution in [2.45, 2.75) is 33.3 Å². The number of rotatable bonds is 5. The molecule has 0 fully saturated rings. The van der Waals surface area contributed by atoms with Gasteiger partial charge in [0.2, 0.25) is 0 Å². The van der Waals surface area contributed by atoms with Crippen LogP contribution in [-0.4, -0.2) is 17.2 Å². The Kier molecular flexibility index (Phi) is 4.63. The smallest absolute Gasteiger partial charge is 0.345 e. The van der Waals surface area contributed by atoms with E-state index in [0.29, 0.717) is 12.2 Å². The van der Waals surface area contributed by atoms with Crippen molar-refractivity contribution in [3.05, 3.63) is 64.7 Å². The van der Waals surface area contributed by atoms with E-state index in [1.807, 2.05) is 51.1 Å². The first-order valence-corrected chi connectivity index (χ1v) is 6.98. The first-order valence-electron chi connectivity index (χ1n) is 6.98. The second-order valence-corrected chi connectivity index (χ2v) is 5.34. The van der Waals surface area contributed by atoms with E-state index in [2.05, 4.69) is 6.07 Å². The molecule has 1 atom stereocenters. The highest BCUT2D eigenvalue weighted by atomic mass is 16.5. The van der Waals surface area contributed by atoms with Crippen molar-refractivity contribution in [2.75, 3.05) is 0 Å². The zero-order chi connectivity index (χ0) is 15.4. The van der Waals surface area contributed by atoms with Gasteiger partial charge in [-0.2, -0.15) is 0 Å². The van der Waals surface area contributed by atoms with Gasteiger partial charge in [0.1, 0.15) is 5.75 Å². The van der Waals surface area contributed by atoms with Crippen molar-refractivity contribution in [2.24, 2.45) is 0 Å². The van der Waals surface area contributed by atoms with Gasteiger partial charge < -0.3 is 9.84 Å². The Morgan fingerprint density at radius 2 is 1.81 bits per heavy atom. The number of ether oxygens (including phenoxy) is 1. The van der Waals surface area contributed by atoms with Crippen LogP contribution in [-0.2, 0) is 11.2 Å². The molecular formula is C18H20O3. The number of benzene rings is 2. The lowest BCUT2D eigenvalue weighted by atomic mass is 10.0. The average Bonchev–Trinajstić information content (AvgIpc) is 2.42. The first kappa shape index (κ1) is 15.1. The highest BCUT2D eigenvalue weighted by molar-refractivity contribution is 5.73. The third kappa shape index (κ3) is 3.85. The van der Waals surface area contributed by atoms with Crippen molar-refractivity contribution in [1.29, 1.82) is 0 Å². The Hall–Kier alpha value is -2.29. The minimum Gasteiger partial charge on any atom is -0.478 e. The Morgan fingerprint density at radius 3 is 2.43 bits per heavy atom. The zero-order valence-corrected chi connectivity index (χ0v) is 12.6. The van der Waals surface area contributed by atoms with Crippen LogP contribution in [0.25, 0.3) is 0 Å². The number of para-hydroxylation sites is 1. The number of carboxylic acid groups (broad SMARTS) is 1. The molecule has 0 unspecified atom stereocenters. The minimum atomic E-state index is -0.946. The van der Waals surface area contributed by atoms with Crippen LogP contribution in [0.4, 0.5) is 0 Å². The van der Waals surface area contributed by atoms with Crippen molar-refractivity contribution >= 4 is 5.97 Å². The van der Waals surface area contributed by atoms with Gasteiger partial charge >= 0.3 is 5.97 Å². The van der Waals surface area contributed by atoms with Gasteiger partial charge in [0.05, 0.1) is 0 Å². The number of hydrogen-bond donors (Lipinski definition) is 1. The molecular weight excluding hydrogens is 264 g/mol. The molecule has 2 aromatic rings. The second-order valence-electron chi connectivity index (χ2n) is 5.34. The molecule has 2 aromatic carbocycles. The predicted octanol–water partition coefficient (Wildman–Crippen LogP) is 3.69. The zero-order valence-electron chi connectivity index (χ0n) is 12.6. The summed E-state index contributed by atoms with van der Waals surface area (Å²) in [6.45, 7) is 5.93. The Labute approximate surface area is 125 Å². The van der Waals surface area contributed by atoms with Crippen LogP contribution in [0.3, 0.4) is 0 Å². The van der Waals surface area contributed by atoms with E-state index < -0.39 is 12.1 Å². The molecule has 0 amide bonds. The molecule has 0 radical (unpaired) electrons. The summed E-state index contributed by atoms with van der Waals surface area (Å²) in [4.78, 5) is 11.5. The fraction of sp³-hybridized carbons (Fsp3) is 0.278. The largest absolute Gasteiger partial charge is 0.478 e. The maximum absolute atomic E-state index is 11.5. The summed E-state index contributed by atoms with van der Waals surface area (Å²) in [6.07, 6.45) is -0.525. The van der Waals surface area contributed by atoms with Crippen molar-refractivity contribution in [3.63, 3.8) is 0 Å². The predicted molar refractivity (Wildman–Crippen MR) is 82.9 cm³/mol. The van der Waals surface area contributed by atoms with Crippen molar-refractivity contribution < 1.29 is 14.6 Å². The summed E-state index contributed by atoms with van der Waals surface area (Å²) < 4.78 is 5.70. The summed E-state index contributed by atoms with van der Waals surface area (Å²) in [5, 5.41) is 9.41. The van der Waals surface area contributed by atoms with Crippen molar-refractivity contribution in [1.82, 2.24) is 0 Å². The normalized spacial score (nSPS) is 12.0. The van der Waals surface area contributed by atoms with Gasteiger partial charge in [-0.05, 0) is 43.5 Å². The van der Waals surface area contributed by atoms with Crippen LogP contribution in [0, 0.1) is 20.8 Å². The van der Waals surface area contributed by atoms with E-state index >= 15 is 0 Å². The molecule has 110 valence electrons. The summed E-state index contributed by atoms with van der Waals surface area (Å²) in [7, 11) is 0. The Balaban J connectivity index is 2.20. The van der Waals surface area contributed by atoms with Gasteiger partial charge in [0.25, 0.3) is 0 Å². The molecule has 0 aliphatic carbocycles. The molecule has 0 bridgehead atoms. The van der Waals surface area contributed by atoms with E-state index in [1.165, 1.54) is 5.56 Å². The molecule has 0 heterocycles. The van der Waals surface area contributed by atoms with Crippen LogP contribution in [0.15, 0.2) is 42.5 Å². The van der Waals surface area contributed by atoms with Crippen LogP contribution in [0.1, 0.15) is 22.3 Å². The van der Waals surface area contributed by atoms with E-state index in [4.69, 9.17) is 4.74 Å². The summed E-state index contributed by atoms with van der Waals surface area (Å²) in [5.74, 6) is -0.326. The van der Waals surface area contributed by atoms with E-state index in [-0.39, 0.29) is 0 Å². The average molecular weight is 284 g/mol. The van der Waals surface area contributed by atoms with Gasteiger partial charge in [0, 0.05) is 6.42 Å². The maximum Gasteiger partial charge on any atom is 0.345 e. The molecule has 3 heteroatoms. The molecule has 0 saturated carbocycles. The number of aryl methyl sites for hydroxylation is 3. The number of hydrogen-bond acceptors (Lipinski definition) is 2. The quantitative estimate of drug-likeness (QED) is 0.911. The lowest BCUT2D eigenvalue weighted by Gasteiger charge is -2.18. The molecule has 1 N–H and O–H groups in total. The van der Waals surface area contributed by atoms with Crippen molar-refractivity contribution in [3.8, 4) is 5.75 Å². The second kappa shape index (κ2) is 6.44. The molecule has 0 aliphatic rings. The van der Waals surface area contributed by atoms with E-state index in [1.54, 1.807) is 6.07 Å². The maximum atomic E-state index is 11.5. The summed E-state index contributed by atoms with van der Waals surface area (Å²) in [5.41, 5.74) is 4.20.